The monoisotopic (exact) mass is 226 g/mol. The van der Waals surface area contributed by atoms with Crippen molar-refractivity contribution in [2.45, 2.75) is 46.0 Å². The number of rotatable bonds is 5. The van der Waals surface area contributed by atoms with Crippen LogP contribution < -0.4 is 5.73 Å². The molecule has 0 aromatic rings. The third-order valence-electron chi connectivity index (χ3n) is 4.03. The number of carbonyl (C=O) groups is 1. The second kappa shape index (κ2) is 5.67. The molecule has 0 saturated heterocycles. The van der Waals surface area contributed by atoms with E-state index in [-0.39, 0.29) is 5.41 Å². The SMILES string of the molecule is CCC1(C(=O)N(C)CC(C)CN)CCCC1. The Labute approximate surface area is 99.4 Å². The fourth-order valence-electron chi connectivity index (χ4n) is 2.80. The highest BCUT2D eigenvalue weighted by Crippen LogP contribution is 2.42. The average Bonchev–Trinajstić information content (AvgIpc) is 2.77. The Kier molecular flexibility index (Phi) is 4.78. The van der Waals surface area contributed by atoms with Crippen LogP contribution in [0.5, 0.6) is 0 Å². The van der Waals surface area contributed by atoms with Crippen LogP contribution in [0.4, 0.5) is 0 Å². The fraction of sp³-hybridized carbons (Fsp3) is 0.923. The van der Waals surface area contributed by atoms with Crippen LogP contribution in [0.15, 0.2) is 0 Å². The Morgan fingerprint density at radius 3 is 2.44 bits per heavy atom. The molecule has 1 saturated carbocycles. The van der Waals surface area contributed by atoms with Crippen LogP contribution in [0, 0.1) is 11.3 Å². The van der Waals surface area contributed by atoms with Crippen LogP contribution in [0.1, 0.15) is 46.0 Å². The highest BCUT2D eigenvalue weighted by molar-refractivity contribution is 5.82. The maximum Gasteiger partial charge on any atom is 0.228 e. The molecule has 0 radical (unpaired) electrons. The van der Waals surface area contributed by atoms with Gasteiger partial charge in [-0.15, -0.1) is 0 Å². The second-order valence-corrected chi connectivity index (χ2v) is 5.37. The standard InChI is InChI=1S/C13H26N2O/c1-4-13(7-5-6-8-13)12(16)15(3)10-11(2)9-14/h11H,4-10,14H2,1-3H3. The molecular formula is C13H26N2O. The largest absolute Gasteiger partial charge is 0.345 e. The Morgan fingerprint density at radius 1 is 1.44 bits per heavy atom. The molecule has 0 bridgehead atoms. The molecule has 94 valence electrons. The average molecular weight is 226 g/mol. The molecule has 3 nitrogen and oxygen atoms in total. The minimum atomic E-state index is -0.0525. The molecule has 0 aromatic heterocycles. The first-order valence-corrected chi connectivity index (χ1v) is 6.51. The van der Waals surface area contributed by atoms with E-state index < -0.39 is 0 Å². The smallest absolute Gasteiger partial charge is 0.228 e. The third kappa shape index (κ3) is 2.76. The van der Waals surface area contributed by atoms with Gasteiger partial charge >= 0.3 is 0 Å². The molecule has 1 fully saturated rings. The lowest BCUT2D eigenvalue weighted by atomic mass is 9.82. The van der Waals surface area contributed by atoms with Gasteiger partial charge < -0.3 is 10.6 Å². The quantitative estimate of drug-likeness (QED) is 0.779. The zero-order valence-electron chi connectivity index (χ0n) is 11.0. The summed E-state index contributed by atoms with van der Waals surface area (Å²) < 4.78 is 0. The summed E-state index contributed by atoms with van der Waals surface area (Å²) in [5.74, 6) is 0.733. The first kappa shape index (κ1) is 13.5. The van der Waals surface area contributed by atoms with Gasteiger partial charge in [-0.25, -0.2) is 0 Å². The third-order valence-corrected chi connectivity index (χ3v) is 4.03. The molecular weight excluding hydrogens is 200 g/mol. The molecule has 1 rings (SSSR count). The van der Waals surface area contributed by atoms with Crippen molar-refractivity contribution in [3.63, 3.8) is 0 Å². The van der Waals surface area contributed by atoms with Crippen molar-refractivity contribution in [3.05, 3.63) is 0 Å². The van der Waals surface area contributed by atoms with Gasteiger partial charge in [0.15, 0.2) is 0 Å². The molecule has 1 aliphatic carbocycles. The normalized spacial score (nSPS) is 20.8. The van der Waals surface area contributed by atoms with Crippen LogP contribution in [0.3, 0.4) is 0 Å². The predicted molar refractivity (Wildman–Crippen MR) is 67.0 cm³/mol. The molecule has 1 unspecified atom stereocenters. The highest BCUT2D eigenvalue weighted by Gasteiger charge is 2.40. The van der Waals surface area contributed by atoms with Gasteiger partial charge in [-0.2, -0.15) is 0 Å². The van der Waals surface area contributed by atoms with Crippen molar-refractivity contribution in [3.8, 4) is 0 Å². The van der Waals surface area contributed by atoms with Crippen LogP contribution >= 0.6 is 0 Å². The van der Waals surface area contributed by atoms with Crippen LogP contribution in [0.25, 0.3) is 0 Å². The Morgan fingerprint density at radius 2 is 2.00 bits per heavy atom. The zero-order chi connectivity index (χ0) is 12.2. The van der Waals surface area contributed by atoms with E-state index in [1.807, 2.05) is 11.9 Å². The van der Waals surface area contributed by atoms with Crippen molar-refractivity contribution in [1.29, 1.82) is 0 Å². The van der Waals surface area contributed by atoms with Gasteiger partial charge in [-0.3, -0.25) is 4.79 Å². The highest BCUT2D eigenvalue weighted by atomic mass is 16.2. The Hall–Kier alpha value is -0.570. The van der Waals surface area contributed by atoms with Crippen LogP contribution in [0.2, 0.25) is 0 Å². The topological polar surface area (TPSA) is 46.3 Å². The first-order valence-electron chi connectivity index (χ1n) is 6.51. The predicted octanol–water partition coefficient (Wildman–Crippen LogP) is 2.01. The number of nitrogens with two attached hydrogens (primary N) is 1. The van der Waals surface area contributed by atoms with E-state index in [4.69, 9.17) is 5.73 Å². The lowest BCUT2D eigenvalue weighted by Crippen LogP contribution is -2.42. The summed E-state index contributed by atoms with van der Waals surface area (Å²) in [7, 11) is 1.92. The van der Waals surface area contributed by atoms with E-state index >= 15 is 0 Å². The van der Waals surface area contributed by atoms with Crippen LogP contribution in [-0.2, 0) is 4.79 Å². The summed E-state index contributed by atoms with van der Waals surface area (Å²) in [6.07, 6.45) is 5.54. The van der Waals surface area contributed by atoms with Gasteiger partial charge in [0.05, 0.1) is 0 Å². The van der Waals surface area contributed by atoms with Crippen molar-refractivity contribution < 1.29 is 4.79 Å². The van der Waals surface area contributed by atoms with Gasteiger partial charge in [-0.05, 0) is 31.7 Å². The molecule has 16 heavy (non-hydrogen) atoms. The van der Waals surface area contributed by atoms with Gasteiger partial charge in [0, 0.05) is 19.0 Å². The summed E-state index contributed by atoms with van der Waals surface area (Å²) in [4.78, 5) is 14.3. The Bertz CT molecular complexity index is 234. The number of nitrogens with zero attached hydrogens (tertiary/aromatic N) is 1. The van der Waals surface area contributed by atoms with E-state index in [0.29, 0.717) is 18.4 Å². The molecule has 1 aliphatic rings. The van der Waals surface area contributed by atoms with E-state index in [9.17, 15) is 4.79 Å². The molecule has 3 heteroatoms. The molecule has 0 spiro atoms. The van der Waals surface area contributed by atoms with E-state index in [1.54, 1.807) is 0 Å². The second-order valence-electron chi connectivity index (χ2n) is 5.37. The van der Waals surface area contributed by atoms with Crippen molar-refractivity contribution in [1.82, 2.24) is 4.90 Å². The molecule has 0 aliphatic heterocycles. The van der Waals surface area contributed by atoms with E-state index in [0.717, 1.165) is 25.8 Å². The van der Waals surface area contributed by atoms with Crippen molar-refractivity contribution in [2.75, 3.05) is 20.1 Å². The fourth-order valence-corrected chi connectivity index (χ4v) is 2.80. The lowest BCUT2D eigenvalue weighted by molar-refractivity contribution is -0.141. The van der Waals surface area contributed by atoms with Crippen molar-refractivity contribution in [2.24, 2.45) is 17.1 Å². The van der Waals surface area contributed by atoms with E-state index in [1.165, 1.54) is 12.8 Å². The minimum Gasteiger partial charge on any atom is -0.345 e. The van der Waals surface area contributed by atoms with E-state index in [2.05, 4.69) is 13.8 Å². The van der Waals surface area contributed by atoms with Crippen molar-refractivity contribution >= 4 is 5.91 Å². The molecule has 0 heterocycles. The van der Waals surface area contributed by atoms with Gasteiger partial charge in [0.1, 0.15) is 0 Å². The van der Waals surface area contributed by atoms with Gasteiger partial charge in [0.2, 0.25) is 5.91 Å². The van der Waals surface area contributed by atoms with Gasteiger partial charge in [0.25, 0.3) is 0 Å². The number of amides is 1. The summed E-state index contributed by atoms with van der Waals surface area (Å²) in [6.45, 7) is 5.67. The van der Waals surface area contributed by atoms with Gasteiger partial charge in [-0.1, -0.05) is 26.7 Å². The Balaban J connectivity index is 2.61. The zero-order valence-corrected chi connectivity index (χ0v) is 11.0. The molecule has 2 N–H and O–H groups in total. The molecule has 1 amide bonds. The maximum atomic E-state index is 12.4. The molecule has 1 atom stereocenters. The molecule has 0 aromatic carbocycles. The summed E-state index contributed by atoms with van der Waals surface area (Å²) in [6, 6.07) is 0. The summed E-state index contributed by atoms with van der Waals surface area (Å²) >= 11 is 0. The summed E-state index contributed by atoms with van der Waals surface area (Å²) in [5, 5.41) is 0. The number of hydrogen-bond acceptors (Lipinski definition) is 2. The summed E-state index contributed by atoms with van der Waals surface area (Å²) in [5.41, 5.74) is 5.55. The minimum absolute atomic E-state index is 0.0525. The maximum absolute atomic E-state index is 12.4. The number of carbonyl (C=O) groups excluding carboxylic acids is 1. The number of hydrogen-bond donors (Lipinski definition) is 1. The lowest BCUT2D eigenvalue weighted by Gasteiger charge is -2.32. The van der Waals surface area contributed by atoms with Crippen LogP contribution in [-0.4, -0.2) is 30.9 Å². The first-order chi connectivity index (χ1) is 7.55.